The number of hydrogen-bond donors (Lipinski definition) is 0. The second-order valence-electron chi connectivity index (χ2n) is 9.80. The van der Waals surface area contributed by atoms with E-state index in [1.807, 2.05) is 31.7 Å². The number of aromatic nitrogens is 2. The summed E-state index contributed by atoms with van der Waals surface area (Å²) < 4.78 is 25.6. The minimum Gasteiger partial charge on any atom is -0.496 e. The van der Waals surface area contributed by atoms with Crippen molar-refractivity contribution >= 4 is 35.2 Å². The molecule has 1 atom stereocenters. The third kappa shape index (κ3) is 5.39. The summed E-state index contributed by atoms with van der Waals surface area (Å²) in [6.07, 6.45) is 2.72. The number of anilines is 1. The molecule has 1 saturated heterocycles. The van der Waals surface area contributed by atoms with Gasteiger partial charge in [-0.25, -0.2) is 19.2 Å². The fourth-order valence-corrected chi connectivity index (χ4v) is 4.82. The molecule has 10 heteroatoms. The number of ether oxygens (including phenoxy) is 2. The van der Waals surface area contributed by atoms with Crippen LogP contribution in [0.2, 0.25) is 5.28 Å². The van der Waals surface area contributed by atoms with Crippen LogP contribution in [0.15, 0.2) is 18.2 Å². The Labute approximate surface area is 215 Å². The van der Waals surface area contributed by atoms with E-state index in [0.29, 0.717) is 55.3 Å². The Morgan fingerprint density at radius 2 is 2.06 bits per heavy atom. The smallest absolute Gasteiger partial charge is 0.410 e. The van der Waals surface area contributed by atoms with Gasteiger partial charge in [0.05, 0.1) is 36.9 Å². The number of carbonyl (C=O) groups excluding carboxylic acids is 1. The van der Waals surface area contributed by atoms with Crippen LogP contribution in [0.4, 0.5) is 15.0 Å². The molecule has 2 heterocycles. The van der Waals surface area contributed by atoms with Crippen molar-refractivity contribution < 1.29 is 18.7 Å². The zero-order valence-corrected chi connectivity index (χ0v) is 21.6. The van der Waals surface area contributed by atoms with E-state index in [9.17, 15) is 14.4 Å². The molecule has 1 aliphatic carbocycles. The number of piperazine rings is 1. The summed E-state index contributed by atoms with van der Waals surface area (Å²) in [4.78, 5) is 25.4. The van der Waals surface area contributed by atoms with Gasteiger partial charge in [0, 0.05) is 25.2 Å². The van der Waals surface area contributed by atoms with E-state index >= 15 is 0 Å². The largest absolute Gasteiger partial charge is 0.496 e. The van der Waals surface area contributed by atoms with E-state index in [2.05, 4.69) is 16.0 Å². The average molecular weight is 514 g/mol. The van der Waals surface area contributed by atoms with E-state index < -0.39 is 11.7 Å². The van der Waals surface area contributed by atoms with Crippen LogP contribution in [0.25, 0.3) is 11.6 Å². The Balaban J connectivity index is 1.65. The normalized spacial score (nSPS) is 17.7. The lowest BCUT2D eigenvalue weighted by atomic mass is 9.90. The van der Waals surface area contributed by atoms with Gasteiger partial charge in [-0.15, -0.1) is 0 Å². The monoisotopic (exact) mass is 513 g/mol. The number of fused-ring (bicyclic) bond motifs is 1. The van der Waals surface area contributed by atoms with Crippen molar-refractivity contribution in [3.63, 3.8) is 0 Å². The molecule has 1 amide bonds. The van der Waals surface area contributed by atoms with Crippen LogP contribution in [0.5, 0.6) is 5.75 Å². The van der Waals surface area contributed by atoms with Gasteiger partial charge in [-0.1, -0.05) is 6.07 Å². The highest BCUT2D eigenvalue weighted by molar-refractivity contribution is 6.28. The number of methoxy groups -OCH3 is 1. The molecule has 2 aromatic rings. The molecule has 8 nitrogen and oxygen atoms in total. The molecule has 2 aliphatic rings. The van der Waals surface area contributed by atoms with Gasteiger partial charge < -0.3 is 19.3 Å². The first-order valence-electron chi connectivity index (χ1n) is 11.8. The minimum absolute atomic E-state index is 0.0770. The van der Waals surface area contributed by atoms with Crippen molar-refractivity contribution in [2.24, 2.45) is 0 Å². The summed E-state index contributed by atoms with van der Waals surface area (Å²) >= 11 is 6.32. The SMILES string of the molecule is COc1cccc(F)c1C1=Cc2nc(Cl)nc(N3CCN(C(=O)OC(C)(C)C)[C@@H](CC#N)C3)c2CC1. The second kappa shape index (κ2) is 10.3. The molecule has 0 radical (unpaired) electrons. The van der Waals surface area contributed by atoms with Crippen molar-refractivity contribution in [2.75, 3.05) is 31.6 Å². The number of rotatable bonds is 4. The Morgan fingerprint density at radius 1 is 1.28 bits per heavy atom. The van der Waals surface area contributed by atoms with E-state index in [0.717, 1.165) is 11.1 Å². The second-order valence-corrected chi connectivity index (χ2v) is 10.1. The maximum Gasteiger partial charge on any atom is 0.410 e. The van der Waals surface area contributed by atoms with E-state index in [1.54, 1.807) is 17.0 Å². The number of nitrogens with zero attached hydrogens (tertiary/aromatic N) is 5. The molecule has 36 heavy (non-hydrogen) atoms. The molecule has 1 aromatic heterocycles. The molecule has 1 aromatic carbocycles. The number of amides is 1. The third-order valence-electron chi connectivity index (χ3n) is 6.20. The Morgan fingerprint density at radius 3 is 2.75 bits per heavy atom. The van der Waals surface area contributed by atoms with Crippen LogP contribution in [0.3, 0.4) is 0 Å². The summed E-state index contributed by atoms with van der Waals surface area (Å²) in [5.74, 6) is 0.775. The van der Waals surface area contributed by atoms with Gasteiger partial charge in [0.15, 0.2) is 0 Å². The average Bonchev–Trinajstić information content (AvgIpc) is 2.82. The number of benzene rings is 1. The molecule has 190 valence electrons. The number of allylic oxidation sites excluding steroid dienone is 1. The molecule has 0 spiro atoms. The third-order valence-corrected chi connectivity index (χ3v) is 6.37. The predicted octanol–water partition coefficient (Wildman–Crippen LogP) is 5.10. The summed E-state index contributed by atoms with van der Waals surface area (Å²) in [7, 11) is 1.52. The van der Waals surface area contributed by atoms with Gasteiger partial charge in [0.2, 0.25) is 5.28 Å². The summed E-state index contributed by atoms with van der Waals surface area (Å²) in [5.41, 5.74) is 2.09. The maximum absolute atomic E-state index is 14.7. The lowest BCUT2D eigenvalue weighted by molar-refractivity contribution is 0.0145. The Kier molecular flexibility index (Phi) is 7.36. The van der Waals surface area contributed by atoms with E-state index in [1.165, 1.54) is 13.2 Å². The zero-order valence-electron chi connectivity index (χ0n) is 20.8. The van der Waals surface area contributed by atoms with Crippen LogP contribution < -0.4 is 9.64 Å². The van der Waals surface area contributed by atoms with Crippen LogP contribution in [-0.2, 0) is 11.2 Å². The standard InChI is InChI=1S/C26H29ClFN5O3/c1-26(2,3)36-25(34)33-13-12-32(15-17(33)10-11-29)23-18-9-8-16(14-20(18)30-24(27)31-23)22-19(28)6-5-7-21(22)35-4/h5-7,14,17H,8-10,12-13,15H2,1-4H3/t17-/m0/s1. The molecule has 0 unspecified atom stereocenters. The quantitative estimate of drug-likeness (QED) is 0.525. The van der Waals surface area contributed by atoms with Crippen LogP contribution in [0.1, 0.15) is 50.4 Å². The first-order chi connectivity index (χ1) is 17.1. The zero-order chi connectivity index (χ0) is 26.0. The highest BCUT2D eigenvalue weighted by Crippen LogP contribution is 2.39. The fraction of sp³-hybridized carbons (Fsp3) is 0.462. The maximum atomic E-state index is 14.7. The van der Waals surface area contributed by atoms with Crippen LogP contribution in [-0.4, -0.2) is 59.3 Å². The van der Waals surface area contributed by atoms with Gasteiger partial charge in [-0.2, -0.15) is 5.26 Å². The van der Waals surface area contributed by atoms with Gasteiger partial charge in [-0.05, 0) is 69.0 Å². The van der Waals surface area contributed by atoms with Crippen molar-refractivity contribution in [3.05, 3.63) is 46.1 Å². The molecular weight excluding hydrogens is 485 g/mol. The van der Waals surface area contributed by atoms with E-state index in [4.69, 9.17) is 21.1 Å². The first kappa shape index (κ1) is 25.7. The highest BCUT2D eigenvalue weighted by Gasteiger charge is 2.35. The fourth-order valence-electron chi connectivity index (χ4n) is 4.65. The van der Waals surface area contributed by atoms with Gasteiger partial charge in [-0.3, -0.25) is 0 Å². The van der Waals surface area contributed by atoms with Gasteiger partial charge in [0.1, 0.15) is 23.0 Å². The van der Waals surface area contributed by atoms with Gasteiger partial charge >= 0.3 is 6.09 Å². The summed E-state index contributed by atoms with van der Waals surface area (Å²) in [6, 6.07) is 6.57. The number of carbonyl (C=O) groups is 1. The molecule has 1 fully saturated rings. The van der Waals surface area contributed by atoms with E-state index in [-0.39, 0.29) is 23.6 Å². The van der Waals surface area contributed by atoms with Crippen LogP contribution in [0, 0.1) is 17.1 Å². The topological polar surface area (TPSA) is 91.6 Å². The van der Waals surface area contributed by atoms with Crippen LogP contribution >= 0.6 is 11.6 Å². The van der Waals surface area contributed by atoms with Crippen molar-refractivity contribution in [2.45, 2.75) is 51.7 Å². The molecule has 0 bridgehead atoms. The lowest BCUT2D eigenvalue weighted by Crippen LogP contribution is -2.56. The molecule has 1 aliphatic heterocycles. The minimum atomic E-state index is -0.629. The van der Waals surface area contributed by atoms with Crippen molar-refractivity contribution in [1.29, 1.82) is 5.26 Å². The van der Waals surface area contributed by atoms with Crippen molar-refractivity contribution in [1.82, 2.24) is 14.9 Å². The van der Waals surface area contributed by atoms with Gasteiger partial charge in [0.25, 0.3) is 0 Å². The summed E-state index contributed by atoms with van der Waals surface area (Å²) in [5, 5.41) is 9.48. The Hall–Kier alpha value is -3.38. The molecule has 0 saturated carbocycles. The lowest BCUT2D eigenvalue weighted by Gasteiger charge is -2.42. The molecule has 4 rings (SSSR count). The number of nitriles is 1. The Bertz CT molecular complexity index is 1240. The summed E-state index contributed by atoms with van der Waals surface area (Å²) in [6.45, 7) is 6.73. The number of hydrogen-bond acceptors (Lipinski definition) is 7. The number of halogens is 2. The van der Waals surface area contributed by atoms with Crippen molar-refractivity contribution in [3.8, 4) is 11.8 Å². The first-order valence-corrected chi connectivity index (χ1v) is 12.2. The highest BCUT2D eigenvalue weighted by atomic mass is 35.5. The predicted molar refractivity (Wildman–Crippen MR) is 135 cm³/mol. The molecular formula is C26H29ClFN5O3. The molecule has 0 N–H and O–H groups in total.